The van der Waals surface area contributed by atoms with Crippen molar-refractivity contribution in [3.63, 3.8) is 0 Å². The minimum atomic E-state index is 0.257. The van der Waals surface area contributed by atoms with Crippen LogP contribution in [0.15, 0.2) is 53.9 Å². The molecule has 0 spiro atoms. The molecule has 1 aliphatic heterocycles. The highest BCUT2D eigenvalue weighted by Crippen LogP contribution is 2.28. The minimum absolute atomic E-state index is 0.257. The number of para-hydroxylation sites is 1. The molecule has 0 aliphatic carbocycles. The molecule has 2 aromatic carbocycles. The van der Waals surface area contributed by atoms with Gasteiger partial charge in [-0.15, -0.1) is 11.3 Å². The van der Waals surface area contributed by atoms with Crippen molar-refractivity contribution in [1.82, 2.24) is 5.32 Å². The van der Waals surface area contributed by atoms with Crippen LogP contribution in [0.5, 0.6) is 5.75 Å². The van der Waals surface area contributed by atoms with E-state index in [1.807, 2.05) is 17.4 Å². The molecule has 0 radical (unpaired) electrons. The average molecular weight is 295 g/mol. The summed E-state index contributed by atoms with van der Waals surface area (Å²) < 4.78 is 7.31. The molecule has 1 aliphatic rings. The molecule has 4 rings (SSSR count). The summed E-state index contributed by atoms with van der Waals surface area (Å²) in [5.41, 5.74) is 2.70. The van der Waals surface area contributed by atoms with Crippen LogP contribution < -0.4 is 10.1 Å². The summed E-state index contributed by atoms with van der Waals surface area (Å²) in [5.74, 6) is 1.05. The highest BCUT2D eigenvalue weighted by atomic mass is 32.1. The molecule has 0 bridgehead atoms. The Morgan fingerprint density at radius 3 is 2.90 bits per heavy atom. The Bertz CT molecular complexity index is 740. The van der Waals surface area contributed by atoms with E-state index >= 15 is 0 Å². The molecule has 1 N–H and O–H groups in total. The van der Waals surface area contributed by atoms with Crippen molar-refractivity contribution >= 4 is 21.4 Å². The molecule has 2 nitrogen and oxygen atoms in total. The van der Waals surface area contributed by atoms with Gasteiger partial charge in [-0.2, -0.15) is 0 Å². The molecule has 1 atom stereocenters. The van der Waals surface area contributed by atoms with Gasteiger partial charge in [0.1, 0.15) is 11.9 Å². The van der Waals surface area contributed by atoms with Gasteiger partial charge in [-0.25, -0.2) is 0 Å². The van der Waals surface area contributed by atoms with Gasteiger partial charge in [0.05, 0.1) is 0 Å². The fraction of sp³-hybridized carbons (Fsp3) is 0.222. The predicted octanol–water partition coefficient (Wildman–Crippen LogP) is 3.99. The Morgan fingerprint density at radius 1 is 1.10 bits per heavy atom. The summed E-state index contributed by atoms with van der Waals surface area (Å²) in [5, 5.41) is 7.16. The van der Waals surface area contributed by atoms with Gasteiger partial charge in [0.2, 0.25) is 0 Å². The molecule has 0 fully saturated rings. The van der Waals surface area contributed by atoms with Gasteiger partial charge in [0.25, 0.3) is 0 Å². The van der Waals surface area contributed by atoms with Crippen LogP contribution in [0.4, 0.5) is 0 Å². The first-order valence-corrected chi connectivity index (χ1v) is 8.18. The van der Waals surface area contributed by atoms with E-state index in [0.717, 1.165) is 25.3 Å². The number of thiophene rings is 1. The Hall–Kier alpha value is -1.84. The zero-order valence-corrected chi connectivity index (χ0v) is 12.5. The third-order valence-corrected chi connectivity index (χ3v) is 4.97. The van der Waals surface area contributed by atoms with Gasteiger partial charge in [0, 0.05) is 24.2 Å². The molecule has 1 unspecified atom stereocenters. The van der Waals surface area contributed by atoms with Crippen molar-refractivity contribution in [3.8, 4) is 5.75 Å². The molecule has 0 amide bonds. The lowest BCUT2D eigenvalue weighted by Crippen LogP contribution is -2.29. The molecule has 2 heterocycles. The van der Waals surface area contributed by atoms with E-state index in [4.69, 9.17) is 4.74 Å². The van der Waals surface area contributed by atoms with Gasteiger partial charge in [-0.1, -0.05) is 36.4 Å². The maximum Gasteiger partial charge on any atom is 0.123 e. The minimum Gasteiger partial charge on any atom is -0.488 e. The van der Waals surface area contributed by atoms with Crippen LogP contribution in [-0.4, -0.2) is 12.6 Å². The van der Waals surface area contributed by atoms with Crippen LogP contribution in [-0.2, 0) is 13.0 Å². The predicted molar refractivity (Wildman–Crippen MR) is 88.1 cm³/mol. The smallest absolute Gasteiger partial charge is 0.123 e. The largest absolute Gasteiger partial charge is 0.488 e. The van der Waals surface area contributed by atoms with Gasteiger partial charge in [-0.05, 0) is 34.0 Å². The first kappa shape index (κ1) is 12.9. The number of benzene rings is 2. The van der Waals surface area contributed by atoms with Crippen LogP contribution in [0, 0.1) is 0 Å². The normalized spacial score (nSPS) is 16.9. The molecule has 0 saturated carbocycles. The summed E-state index contributed by atoms with van der Waals surface area (Å²) in [7, 11) is 0. The monoisotopic (exact) mass is 295 g/mol. The molecule has 1 aromatic heterocycles. The van der Waals surface area contributed by atoms with Crippen LogP contribution in [0.3, 0.4) is 0 Å². The molecule has 106 valence electrons. The summed E-state index contributed by atoms with van der Waals surface area (Å²) >= 11 is 1.82. The van der Waals surface area contributed by atoms with Crippen molar-refractivity contribution in [2.75, 3.05) is 6.54 Å². The zero-order chi connectivity index (χ0) is 14.1. The SMILES string of the molecule is c1ccc2c(c1)CC(CNCc1csc3ccccc13)O2. The van der Waals surface area contributed by atoms with Crippen LogP contribution >= 0.6 is 11.3 Å². The molecular formula is C18H17NOS. The Kier molecular flexibility index (Phi) is 3.37. The first-order chi connectivity index (χ1) is 10.4. The number of rotatable bonds is 4. The fourth-order valence-corrected chi connectivity index (χ4v) is 3.87. The topological polar surface area (TPSA) is 21.3 Å². The number of hydrogen-bond acceptors (Lipinski definition) is 3. The highest BCUT2D eigenvalue weighted by Gasteiger charge is 2.21. The summed E-state index contributed by atoms with van der Waals surface area (Å²) in [6.45, 7) is 1.79. The van der Waals surface area contributed by atoms with E-state index in [1.54, 1.807) is 0 Å². The molecule has 0 saturated heterocycles. The quantitative estimate of drug-likeness (QED) is 0.785. The summed E-state index contributed by atoms with van der Waals surface area (Å²) in [4.78, 5) is 0. The Balaban J connectivity index is 1.37. The second-order valence-corrected chi connectivity index (χ2v) is 6.35. The summed E-state index contributed by atoms with van der Waals surface area (Å²) in [6, 6.07) is 16.9. The molecule has 3 aromatic rings. The van der Waals surface area contributed by atoms with Crippen molar-refractivity contribution in [2.24, 2.45) is 0 Å². The van der Waals surface area contributed by atoms with E-state index in [2.05, 4.69) is 53.2 Å². The Morgan fingerprint density at radius 2 is 1.95 bits per heavy atom. The zero-order valence-electron chi connectivity index (χ0n) is 11.7. The summed E-state index contributed by atoms with van der Waals surface area (Å²) in [6.07, 6.45) is 1.26. The van der Waals surface area contributed by atoms with Crippen molar-refractivity contribution < 1.29 is 4.74 Å². The molecule has 21 heavy (non-hydrogen) atoms. The number of hydrogen-bond donors (Lipinski definition) is 1. The van der Waals surface area contributed by atoms with Gasteiger partial charge < -0.3 is 10.1 Å². The first-order valence-electron chi connectivity index (χ1n) is 7.30. The van der Waals surface area contributed by atoms with E-state index in [0.29, 0.717) is 0 Å². The van der Waals surface area contributed by atoms with Crippen LogP contribution in [0.25, 0.3) is 10.1 Å². The van der Waals surface area contributed by atoms with Crippen molar-refractivity contribution in [3.05, 3.63) is 65.0 Å². The third-order valence-electron chi connectivity index (χ3n) is 3.96. The lowest BCUT2D eigenvalue weighted by atomic mass is 10.1. The van der Waals surface area contributed by atoms with E-state index in [9.17, 15) is 0 Å². The third kappa shape index (κ3) is 2.55. The number of fused-ring (bicyclic) bond motifs is 2. The van der Waals surface area contributed by atoms with Crippen molar-refractivity contribution in [2.45, 2.75) is 19.1 Å². The molecular weight excluding hydrogens is 278 g/mol. The van der Waals surface area contributed by atoms with E-state index < -0.39 is 0 Å². The number of ether oxygens (including phenoxy) is 1. The van der Waals surface area contributed by atoms with Gasteiger partial charge in [0.15, 0.2) is 0 Å². The maximum atomic E-state index is 5.95. The Labute approximate surface area is 128 Å². The standard InChI is InChI=1S/C18H17NOS/c1-3-7-17-13(5-1)9-15(20-17)11-19-10-14-12-21-18-8-4-2-6-16(14)18/h1-8,12,15,19H,9-11H2. The lowest BCUT2D eigenvalue weighted by molar-refractivity contribution is 0.227. The van der Waals surface area contributed by atoms with E-state index in [-0.39, 0.29) is 6.10 Å². The van der Waals surface area contributed by atoms with Gasteiger partial charge in [-0.3, -0.25) is 0 Å². The highest BCUT2D eigenvalue weighted by molar-refractivity contribution is 7.17. The van der Waals surface area contributed by atoms with Crippen molar-refractivity contribution in [1.29, 1.82) is 0 Å². The van der Waals surface area contributed by atoms with Crippen LogP contribution in [0.2, 0.25) is 0 Å². The van der Waals surface area contributed by atoms with Gasteiger partial charge >= 0.3 is 0 Å². The van der Waals surface area contributed by atoms with E-state index in [1.165, 1.54) is 21.2 Å². The average Bonchev–Trinajstić information content (AvgIpc) is 3.11. The molecule has 3 heteroatoms. The van der Waals surface area contributed by atoms with Crippen LogP contribution in [0.1, 0.15) is 11.1 Å². The maximum absolute atomic E-state index is 5.95. The fourth-order valence-electron chi connectivity index (χ4n) is 2.91. The second-order valence-electron chi connectivity index (χ2n) is 5.44. The lowest BCUT2D eigenvalue weighted by Gasteiger charge is -2.11. The number of nitrogens with one attached hydrogen (secondary N) is 1. The second kappa shape index (κ2) is 5.51.